The predicted molar refractivity (Wildman–Crippen MR) is 49.2 cm³/mol. The number of ether oxygens (including phenoxy) is 2. The molecule has 2 nitrogen and oxygen atoms in total. The summed E-state index contributed by atoms with van der Waals surface area (Å²) in [5, 5.41) is 0. The maximum Gasteiger partial charge on any atom is 0.0860 e. The first-order valence-electron chi connectivity index (χ1n) is 4.57. The van der Waals surface area contributed by atoms with E-state index in [1.54, 1.807) is 0 Å². The van der Waals surface area contributed by atoms with Crippen molar-refractivity contribution in [2.24, 2.45) is 5.41 Å². The summed E-state index contributed by atoms with van der Waals surface area (Å²) in [6.45, 7) is 12.1. The Morgan fingerprint density at radius 2 is 1.83 bits per heavy atom. The Hall–Kier alpha value is -0.0800. The summed E-state index contributed by atoms with van der Waals surface area (Å²) in [7, 11) is 0. The summed E-state index contributed by atoms with van der Waals surface area (Å²) in [5.41, 5.74) is 0.0955. The van der Waals surface area contributed by atoms with E-state index in [9.17, 15) is 0 Å². The van der Waals surface area contributed by atoms with Crippen LogP contribution >= 0.6 is 0 Å². The largest absolute Gasteiger partial charge is 0.372 e. The lowest BCUT2D eigenvalue weighted by molar-refractivity contribution is -0.199. The van der Waals surface area contributed by atoms with Crippen LogP contribution < -0.4 is 0 Å². The molecule has 0 aromatic carbocycles. The molecule has 1 atom stereocenters. The highest BCUT2D eigenvalue weighted by molar-refractivity contribution is 4.81. The van der Waals surface area contributed by atoms with Crippen LogP contribution in [0.4, 0.5) is 0 Å². The fraction of sp³-hybridized carbons (Fsp3) is 1.00. The van der Waals surface area contributed by atoms with Gasteiger partial charge in [0.2, 0.25) is 0 Å². The molecule has 1 heterocycles. The van der Waals surface area contributed by atoms with Crippen molar-refractivity contribution >= 4 is 0 Å². The fourth-order valence-corrected chi connectivity index (χ4v) is 1.19. The van der Waals surface area contributed by atoms with Crippen LogP contribution in [-0.4, -0.2) is 24.9 Å². The Balaban J connectivity index is 2.47. The van der Waals surface area contributed by atoms with Crippen LogP contribution in [0.5, 0.6) is 0 Å². The smallest absolute Gasteiger partial charge is 0.0860 e. The number of hydrogen-bond acceptors (Lipinski definition) is 2. The lowest BCUT2D eigenvalue weighted by Gasteiger charge is -2.40. The summed E-state index contributed by atoms with van der Waals surface area (Å²) in [6, 6.07) is 0. The van der Waals surface area contributed by atoms with Gasteiger partial charge in [0.1, 0.15) is 0 Å². The highest BCUT2D eigenvalue weighted by Crippen LogP contribution is 2.28. The molecule has 1 fully saturated rings. The molecule has 0 spiro atoms. The molecule has 0 amide bonds. The van der Waals surface area contributed by atoms with Crippen LogP contribution in [0.15, 0.2) is 0 Å². The number of rotatable bonds is 0. The van der Waals surface area contributed by atoms with E-state index in [4.69, 9.17) is 9.47 Å². The molecule has 2 heteroatoms. The van der Waals surface area contributed by atoms with Gasteiger partial charge in [0.05, 0.1) is 24.9 Å². The highest BCUT2D eigenvalue weighted by Gasteiger charge is 2.34. The SMILES string of the molecule is CC1(C)COC(C(C)(C)C)CO1. The fourth-order valence-electron chi connectivity index (χ4n) is 1.19. The highest BCUT2D eigenvalue weighted by atomic mass is 16.6. The van der Waals surface area contributed by atoms with Gasteiger partial charge in [0.25, 0.3) is 0 Å². The average Bonchev–Trinajstić information content (AvgIpc) is 1.83. The Kier molecular flexibility index (Phi) is 2.50. The summed E-state index contributed by atoms with van der Waals surface area (Å²) in [5.74, 6) is 0. The first-order chi connectivity index (χ1) is 5.31. The van der Waals surface area contributed by atoms with E-state index in [1.807, 2.05) is 0 Å². The lowest BCUT2D eigenvalue weighted by Crippen LogP contribution is -2.47. The quantitative estimate of drug-likeness (QED) is 0.558. The minimum atomic E-state index is -0.0955. The number of hydrogen-bond donors (Lipinski definition) is 0. The summed E-state index contributed by atoms with van der Waals surface area (Å²) < 4.78 is 11.4. The van der Waals surface area contributed by atoms with Crippen molar-refractivity contribution in [3.05, 3.63) is 0 Å². The zero-order valence-electron chi connectivity index (χ0n) is 8.81. The topological polar surface area (TPSA) is 18.5 Å². The van der Waals surface area contributed by atoms with E-state index < -0.39 is 0 Å². The van der Waals surface area contributed by atoms with E-state index in [0.717, 1.165) is 6.61 Å². The van der Waals surface area contributed by atoms with E-state index in [2.05, 4.69) is 34.6 Å². The first kappa shape index (κ1) is 10.0. The van der Waals surface area contributed by atoms with Crippen molar-refractivity contribution in [1.82, 2.24) is 0 Å². The van der Waals surface area contributed by atoms with E-state index >= 15 is 0 Å². The Bertz CT molecular complexity index is 146. The predicted octanol–water partition coefficient (Wildman–Crippen LogP) is 2.23. The zero-order chi connectivity index (χ0) is 9.41. The average molecular weight is 172 g/mol. The van der Waals surface area contributed by atoms with Crippen LogP contribution in [0.3, 0.4) is 0 Å². The maximum atomic E-state index is 5.73. The third-order valence-corrected chi connectivity index (χ3v) is 2.22. The van der Waals surface area contributed by atoms with Crippen molar-refractivity contribution in [2.75, 3.05) is 13.2 Å². The molecule has 12 heavy (non-hydrogen) atoms. The van der Waals surface area contributed by atoms with Gasteiger partial charge in [-0.25, -0.2) is 0 Å². The molecular weight excluding hydrogens is 152 g/mol. The van der Waals surface area contributed by atoms with Crippen molar-refractivity contribution in [3.63, 3.8) is 0 Å². The molecule has 1 aliphatic heterocycles. The molecule has 0 radical (unpaired) electrons. The van der Waals surface area contributed by atoms with Gasteiger partial charge in [-0.2, -0.15) is 0 Å². The maximum absolute atomic E-state index is 5.73. The normalized spacial score (nSPS) is 30.2. The summed E-state index contributed by atoms with van der Waals surface area (Å²) >= 11 is 0. The van der Waals surface area contributed by atoms with Gasteiger partial charge < -0.3 is 9.47 Å². The third-order valence-electron chi connectivity index (χ3n) is 2.22. The van der Waals surface area contributed by atoms with Crippen LogP contribution in [0.1, 0.15) is 34.6 Å². The Morgan fingerprint density at radius 3 is 2.17 bits per heavy atom. The van der Waals surface area contributed by atoms with Gasteiger partial charge in [-0.15, -0.1) is 0 Å². The van der Waals surface area contributed by atoms with Crippen LogP contribution in [0, 0.1) is 5.41 Å². The van der Waals surface area contributed by atoms with Crippen LogP contribution in [0.2, 0.25) is 0 Å². The van der Waals surface area contributed by atoms with Crippen molar-refractivity contribution in [2.45, 2.75) is 46.3 Å². The standard InChI is InChI=1S/C10H20O2/c1-9(2,3)8-6-12-10(4,5)7-11-8/h8H,6-7H2,1-5H3. The zero-order valence-corrected chi connectivity index (χ0v) is 8.81. The summed E-state index contributed by atoms with van der Waals surface area (Å²) in [4.78, 5) is 0. The van der Waals surface area contributed by atoms with Gasteiger partial charge in [-0.05, 0) is 19.3 Å². The van der Waals surface area contributed by atoms with E-state index in [0.29, 0.717) is 6.61 Å². The van der Waals surface area contributed by atoms with Gasteiger partial charge in [-0.1, -0.05) is 20.8 Å². The molecule has 0 aromatic heterocycles. The Labute approximate surface area is 75.2 Å². The monoisotopic (exact) mass is 172 g/mol. The van der Waals surface area contributed by atoms with Crippen molar-refractivity contribution in [1.29, 1.82) is 0 Å². The third kappa shape index (κ3) is 2.46. The molecule has 0 bridgehead atoms. The Morgan fingerprint density at radius 1 is 1.25 bits per heavy atom. The second kappa shape index (κ2) is 3.00. The second-order valence-electron chi connectivity index (χ2n) is 5.24. The molecule has 1 rings (SSSR count). The molecular formula is C10H20O2. The molecule has 0 aliphatic carbocycles. The van der Waals surface area contributed by atoms with E-state index in [-0.39, 0.29) is 17.1 Å². The molecule has 0 N–H and O–H groups in total. The van der Waals surface area contributed by atoms with Crippen LogP contribution in [0.25, 0.3) is 0 Å². The van der Waals surface area contributed by atoms with Crippen molar-refractivity contribution in [3.8, 4) is 0 Å². The lowest BCUT2D eigenvalue weighted by atomic mass is 9.88. The molecule has 1 unspecified atom stereocenters. The molecule has 1 saturated heterocycles. The molecule has 1 aliphatic rings. The summed E-state index contributed by atoms with van der Waals surface area (Å²) in [6.07, 6.45) is 0.241. The minimum Gasteiger partial charge on any atom is -0.372 e. The van der Waals surface area contributed by atoms with Gasteiger partial charge in [-0.3, -0.25) is 0 Å². The van der Waals surface area contributed by atoms with Gasteiger partial charge in [0, 0.05) is 0 Å². The second-order valence-corrected chi connectivity index (χ2v) is 5.24. The van der Waals surface area contributed by atoms with Gasteiger partial charge >= 0.3 is 0 Å². The molecule has 0 saturated carbocycles. The molecule has 72 valence electrons. The van der Waals surface area contributed by atoms with Crippen molar-refractivity contribution < 1.29 is 9.47 Å². The first-order valence-corrected chi connectivity index (χ1v) is 4.57. The molecule has 0 aromatic rings. The van der Waals surface area contributed by atoms with Gasteiger partial charge in [0.15, 0.2) is 0 Å². The van der Waals surface area contributed by atoms with Crippen LogP contribution in [-0.2, 0) is 9.47 Å². The minimum absolute atomic E-state index is 0.0955. The van der Waals surface area contributed by atoms with E-state index in [1.165, 1.54) is 0 Å².